The molecule has 0 saturated heterocycles. The molecule has 1 aliphatic carbocycles. The fourth-order valence-electron chi connectivity index (χ4n) is 4.73. The lowest BCUT2D eigenvalue weighted by atomic mass is 9.89. The van der Waals surface area contributed by atoms with Crippen LogP contribution in [0.4, 0.5) is 0 Å². The largest absolute Gasteiger partial charge is 0.322 e. The molecular weight excluding hydrogens is 380 g/mol. The highest BCUT2D eigenvalue weighted by molar-refractivity contribution is 5.85. The Bertz CT molecular complexity index is 1100. The van der Waals surface area contributed by atoms with Gasteiger partial charge in [-0.2, -0.15) is 0 Å². The molecule has 0 amide bonds. The molecule has 0 saturated carbocycles. The van der Waals surface area contributed by atoms with Gasteiger partial charge in [-0.05, 0) is 66.5 Å². The van der Waals surface area contributed by atoms with Crippen LogP contribution < -0.4 is 5.56 Å². The molecular formula is C25H27ClN2O. The zero-order valence-electron chi connectivity index (χ0n) is 16.6. The summed E-state index contributed by atoms with van der Waals surface area (Å²) < 4.78 is 0. The smallest absolute Gasteiger partial charge is 0.251 e. The lowest BCUT2D eigenvalue weighted by Crippen LogP contribution is -2.28. The Morgan fingerprint density at radius 1 is 0.931 bits per heavy atom. The fourth-order valence-corrected chi connectivity index (χ4v) is 4.73. The van der Waals surface area contributed by atoms with Crippen LogP contribution in [0.2, 0.25) is 0 Å². The van der Waals surface area contributed by atoms with Gasteiger partial charge in [-0.3, -0.25) is 9.69 Å². The first-order valence-corrected chi connectivity index (χ1v) is 10.4. The number of benzene rings is 2. The van der Waals surface area contributed by atoms with E-state index in [9.17, 15) is 4.79 Å². The molecule has 0 spiro atoms. The van der Waals surface area contributed by atoms with Gasteiger partial charge in [0.15, 0.2) is 0 Å². The first-order valence-electron chi connectivity index (χ1n) is 10.4. The number of hydrogen-bond acceptors (Lipinski definition) is 2. The summed E-state index contributed by atoms with van der Waals surface area (Å²) in [4.78, 5) is 18.0. The number of pyridine rings is 1. The number of H-pyrrole nitrogens is 1. The molecule has 1 N–H and O–H groups in total. The van der Waals surface area contributed by atoms with Crippen molar-refractivity contribution >= 4 is 28.9 Å². The van der Waals surface area contributed by atoms with Gasteiger partial charge < -0.3 is 4.98 Å². The molecule has 2 aromatic carbocycles. The summed E-state index contributed by atoms with van der Waals surface area (Å²) in [6.45, 7) is 3.04. The summed E-state index contributed by atoms with van der Waals surface area (Å²) in [5.74, 6) is 0. The molecule has 3 nitrogen and oxygen atoms in total. The highest BCUT2D eigenvalue weighted by atomic mass is 35.5. The maximum Gasteiger partial charge on any atom is 0.251 e. The molecule has 150 valence electrons. The van der Waals surface area contributed by atoms with Gasteiger partial charge >= 0.3 is 0 Å². The summed E-state index contributed by atoms with van der Waals surface area (Å²) in [7, 11) is 0. The molecule has 5 rings (SSSR count). The van der Waals surface area contributed by atoms with Crippen LogP contribution in [0.25, 0.3) is 16.5 Å². The predicted molar refractivity (Wildman–Crippen MR) is 123 cm³/mol. The maximum atomic E-state index is 12.4. The summed E-state index contributed by atoms with van der Waals surface area (Å²) in [5.41, 5.74) is 7.55. The molecule has 2 aliphatic rings. The van der Waals surface area contributed by atoms with Crippen LogP contribution in [0.5, 0.6) is 0 Å². The molecule has 1 aliphatic heterocycles. The Morgan fingerprint density at radius 3 is 2.48 bits per heavy atom. The van der Waals surface area contributed by atoms with Crippen molar-refractivity contribution in [2.75, 3.05) is 13.1 Å². The average Bonchev–Trinajstić information content (AvgIpc) is 2.76. The van der Waals surface area contributed by atoms with Gasteiger partial charge in [0.25, 0.3) is 5.56 Å². The van der Waals surface area contributed by atoms with E-state index in [4.69, 9.17) is 0 Å². The van der Waals surface area contributed by atoms with Crippen LogP contribution in [-0.4, -0.2) is 23.0 Å². The molecule has 29 heavy (non-hydrogen) atoms. The van der Waals surface area contributed by atoms with Gasteiger partial charge in [0.05, 0.1) is 0 Å². The molecule has 0 unspecified atom stereocenters. The molecule has 0 radical (unpaired) electrons. The molecule has 3 aromatic rings. The Kier molecular flexibility index (Phi) is 5.89. The number of nitrogens with one attached hydrogen (secondary N) is 1. The quantitative estimate of drug-likeness (QED) is 0.655. The van der Waals surface area contributed by atoms with E-state index in [1.54, 1.807) is 0 Å². The second kappa shape index (κ2) is 8.56. The van der Waals surface area contributed by atoms with Crippen molar-refractivity contribution in [1.82, 2.24) is 9.88 Å². The number of nitrogens with zero attached hydrogens (tertiary/aromatic N) is 1. The average molecular weight is 407 g/mol. The third-order valence-corrected chi connectivity index (χ3v) is 6.24. The second-order valence-electron chi connectivity index (χ2n) is 8.08. The molecule has 1 aromatic heterocycles. The first-order chi connectivity index (χ1) is 13.8. The maximum absolute atomic E-state index is 12.4. The van der Waals surface area contributed by atoms with Gasteiger partial charge in [-0.25, -0.2) is 0 Å². The minimum absolute atomic E-state index is 0. The molecule has 4 heteroatoms. The van der Waals surface area contributed by atoms with Crippen molar-refractivity contribution in [3.8, 4) is 0 Å². The molecule has 0 atom stereocenters. The van der Waals surface area contributed by atoms with Crippen LogP contribution in [0, 0.1) is 0 Å². The Balaban J connectivity index is 0.00000205. The number of halogens is 1. The highest BCUT2D eigenvalue weighted by Gasteiger charge is 2.18. The van der Waals surface area contributed by atoms with E-state index in [1.165, 1.54) is 34.1 Å². The van der Waals surface area contributed by atoms with Crippen LogP contribution in [0.1, 0.15) is 41.5 Å². The van der Waals surface area contributed by atoms with E-state index in [1.807, 2.05) is 0 Å². The summed E-state index contributed by atoms with van der Waals surface area (Å²) in [6, 6.07) is 17.3. The Hall–Kier alpha value is -2.36. The second-order valence-corrected chi connectivity index (χ2v) is 8.08. The van der Waals surface area contributed by atoms with Crippen LogP contribution in [0.15, 0.2) is 59.4 Å². The topological polar surface area (TPSA) is 36.1 Å². The first kappa shape index (κ1) is 19.9. The van der Waals surface area contributed by atoms with Crippen LogP contribution in [0.3, 0.4) is 0 Å². The third-order valence-electron chi connectivity index (χ3n) is 6.24. The zero-order valence-corrected chi connectivity index (χ0v) is 17.4. The lowest BCUT2D eigenvalue weighted by Gasteiger charge is -2.27. The van der Waals surface area contributed by atoms with Crippen molar-refractivity contribution in [3.05, 3.63) is 87.2 Å². The number of rotatable bonds is 3. The Labute approximate surface area is 177 Å². The third kappa shape index (κ3) is 4.03. The number of fused-ring (bicyclic) bond motifs is 3. The summed E-state index contributed by atoms with van der Waals surface area (Å²) in [5, 5.41) is 1.25. The molecule has 0 fully saturated rings. The predicted octanol–water partition coefficient (Wildman–Crippen LogP) is 5.12. The standard InChI is InChI=1S/C25H26N2O.ClH/c28-25-22-9-5-4-8-21(22)23-16-18(10-11-24(23)26-25)17-27-14-12-20(13-15-27)19-6-2-1-3-7-19;/h1-3,6-7,10-12,16H,4-5,8-9,13-15,17H2,(H,26,28);1H. The number of aromatic nitrogens is 1. The highest BCUT2D eigenvalue weighted by Crippen LogP contribution is 2.27. The zero-order chi connectivity index (χ0) is 18.9. The molecule has 0 bridgehead atoms. The van der Waals surface area contributed by atoms with Crippen molar-refractivity contribution in [1.29, 1.82) is 0 Å². The van der Waals surface area contributed by atoms with E-state index in [-0.39, 0.29) is 18.0 Å². The number of hydrogen-bond donors (Lipinski definition) is 1. The van der Waals surface area contributed by atoms with Crippen LogP contribution in [-0.2, 0) is 19.4 Å². The Morgan fingerprint density at radius 2 is 1.72 bits per heavy atom. The minimum atomic E-state index is 0. The van der Waals surface area contributed by atoms with Gasteiger partial charge in [0.1, 0.15) is 0 Å². The number of aromatic amines is 1. The van der Waals surface area contributed by atoms with Crippen molar-refractivity contribution in [3.63, 3.8) is 0 Å². The minimum Gasteiger partial charge on any atom is -0.322 e. The van der Waals surface area contributed by atoms with Gasteiger partial charge in [-0.15, -0.1) is 12.4 Å². The van der Waals surface area contributed by atoms with Crippen molar-refractivity contribution in [2.45, 2.75) is 38.6 Å². The van der Waals surface area contributed by atoms with Gasteiger partial charge in [0, 0.05) is 36.1 Å². The van der Waals surface area contributed by atoms with E-state index in [2.05, 4.69) is 64.5 Å². The number of aryl methyl sites for hydroxylation is 1. The van der Waals surface area contributed by atoms with Gasteiger partial charge in [-0.1, -0.05) is 42.5 Å². The van der Waals surface area contributed by atoms with Crippen LogP contribution >= 0.6 is 12.4 Å². The van der Waals surface area contributed by atoms with Crippen molar-refractivity contribution < 1.29 is 0 Å². The summed E-state index contributed by atoms with van der Waals surface area (Å²) >= 11 is 0. The van der Waals surface area contributed by atoms with E-state index >= 15 is 0 Å². The monoisotopic (exact) mass is 406 g/mol. The van der Waals surface area contributed by atoms with E-state index in [0.29, 0.717) is 0 Å². The summed E-state index contributed by atoms with van der Waals surface area (Å²) in [6.07, 6.45) is 7.75. The molecule has 2 heterocycles. The van der Waals surface area contributed by atoms with E-state index < -0.39 is 0 Å². The van der Waals surface area contributed by atoms with Gasteiger partial charge in [0.2, 0.25) is 0 Å². The van der Waals surface area contributed by atoms with Crippen molar-refractivity contribution in [2.24, 2.45) is 0 Å². The normalized spacial score (nSPS) is 16.8. The lowest BCUT2D eigenvalue weighted by molar-refractivity contribution is 0.294. The SMILES string of the molecule is Cl.O=c1[nH]c2ccc(CN3CC=C(c4ccccc4)CC3)cc2c2c1CCCC2. The van der Waals surface area contributed by atoms with E-state index in [0.717, 1.165) is 56.4 Å². The fraction of sp³-hybridized carbons (Fsp3) is 0.320.